The Morgan fingerprint density at radius 3 is 2.74 bits per heavy atom. The maximum atomic E-state index is 13.7. The van der Waals surface area contributed by atoms with E-state index in [2.05, 4.69) is 21.0 Å². The van der Waals surface area contributed by atoms with Gasteiger partial charge in [-0.05, 0) is 43.2 Å². The van der Waals surface area contributed by atoms with E-state index in [1.807, 2.05) is 11.0 Å². The lowest BCUT2D eigenvalue weighted by molar-refractivity contribution is -0.133. The van der Waals surface area contributed by atoms with Crippen LogP contribution in [0.4, 0.5) is 10.1 Å². The Morgan fingerprint density at radius 1 is 1.23 bits per heavy atom. The number of carbonyl (C=O) groups excluding carboxylic acids is 2. The fraction of sp³-hybridized carbons (Fsp3) is 0.667. The monoisotopic (exact) mass is 431 g/mol. The molecule has 4 atom stereocenters. The van der Waals surface area contributed by atoms with Gasteiger partial charge in [-0.25, -0.2) is 14.8 Å². The number of alkyl halides is 1. The zero-order chi connectivity index (χ0) is 21.5. The number of hydrogen-bond donors (Lipinski definition) is 4. The molecule has 0 bridgehead atoms. The highest BCUT2D eigenvalue weighted by molar-refractivity contribution is 5.94. The van der Waals surface area contributed by atoms with Gasteiger partial charge in [-0.15, -0.1) is 0 Å². The zero-order valence-corrected chi connectivity index (χ0v) is 17.5. The molecular formula is C21H30FN7O2. The normalized spacial score (nSPS) is 32.0. The smallest absolute Gasteiger partial charge is 0.233 e. The Labute approximate surface area is 180 Å². The molecule has 2 amide bonds. The van der Waals surface area contributed by atoms with Crippen LogP contribution in [0.1, 0.15) is 37.2 Å². The predicted molar refractivity (Wildman–Crippen MR) is 112 cm³/mol. The summed E-state index contributed by atoms with van der Waals surface area (Å²) in [5.41, 5.74) is 10.9. The molecule has 168 valence electrons. The minimum atomic E-state index is -1.000. The Morgan fingerprint density at radius 2 is 2.00 bits per heavy atom. The number of hydrogen-bond acceptors (Lipinski definition) is 7. The van der Waals surface area contributed by atoms with Crippen molar-refractivity contribution >= 4 is 17.5 Å². The maximum Gasteiger partial charge on any atom is 0.233 e. The van der Waals surface area contributed by atoms with E-state index in [4.69, 9.17) is 5.73 Å². The minimum absolute atomic E-state index is 0.200. The summed E-state index contributed by atoms with van der Waals surface area (Å²) in [7, 11) is 0. The van der Waals surface area contributed by atoms with Gasteiger partial charge in [0.15, 0.2) is 0 Å². The fourth-order valence-corrected chi connectivity index (χ4v) is 5.06. The van der Waals surface area contributed by atoms with Crippen LogP contribution in [-0.2, 0) is 9.59 Å². The zero-order valence-electron chi connectivity index (χ0n) is 17.5. The number of nitrogens with two attached hydrogens (primary N) is 1. The van der Waals surface area contributed by atoms with Crippen molar-refractivity contribution in [3.8, 4) is 0 Å². The maximum absolute atomic E-state index is 13.7. The average Bonchev–Trinajstić information content (AvgIpc) is 3.56. The Kier molecular flexibility index (Phi) is 5.63. The first kappa shape index (κ1) is 20.7. The van der Waals surface area contributed by atoms with Crippen LogP contribution in [-0.4, -0.2) is 71.4 Å². The van der Waals surface area contributed by atoms with E-state index >= 15 is 0 Å². The SMILES string of the molecule is NC1NN2CC(F)CNC2C1C(=O)Nc1cnccc1C1CCN(C(=O)C2CC2)CC1. The highest BCUT2D eigenvalue weighted by atomic mass is 19.1. The summed E-state index contributed by atoms with van der Waals surface area (Å²) >= 11 is 0. The van der Waals surface area contributed by atoms with Crippen molar-refractivity contribution in [3.63, 3.8) is 0 Å². The Bertz CT molecular complexity index is 843. The average molecular weight is 432 g/mol. The van der Waals surface area contributed by atoms with Crippen molar-refractivity contribution in [2.75, 3.05) is 31.5 Å². The molecule has 31 heavy (non-hydrogen) atoms. The number of aromatic nitrogens is 1. The van der Waals surface area contributed by atoms with E-state index in [0.29, 0.717) is 11.6 Å². The summed E-state index contributed by atoms with van der Waals surface area (Å²) in [4.78, 5) is 31.7. The molecule has 10 heteroatoms. The number of pyridine rings is 1. The van der Waals surface area contributed by atoms with Crippen molar-refractivity contribution < 1.29 is 14.0 Å². The summed E-state index contributed by atoms with van der Waals surface area (Å²) < 4.78 is 13.7. The number of likely N-dealkylation sites (tertiary alicyclic amines) is 1. The molecule has 5 N–H and O–H groups in total. The summed E-state index contributed by atoms with van der Waals surface area (Å²) in [6.07, 6.45) is 5.25. The number of carbonyl (C=O) groups is 2. The molecule has 9 nitrogen and oxygen atoms in total. The largest absolute Gasteiger partial charge is 0.342 e. The molecule has 4 fully saturated rings. The molecule has 1 aromatic heterocycles. The first-order chi connectivity index (χ1) is 15.0. The summed E-state index contributed by atoms with van der Waals surface area (Å²) in [5.74, 6) is 0.0293. The third kappa shape index (κ3) is 4.17. The van der Waals surface area contributed by atoms with Crippen LogP contribution in [0.25, 0.3) is 0 Å². The van der Waals surface area contributed by atoms with Crippen LogP contribution in [0.15, 0.2) is 18.5 Å². The van der Waals surface area contributed by atoms with Gasteiger partial charge in [-0.3, -0.25) is 19.9 Å². The molecule has 0 radical (unpaired) electrons. The molecule has 0 spiro atoms. The lowest BCUT2D eigenvalue weighted by atomic mass is 9.88. The lowest BCUT2D eigenvalue weighted by Crippen LogP contribution is -2.58. The second kappa shape index (κ2) is 8.42. The van der Waals surface area contributed by atoms with Crippen LogP contribution in [0.3, 0.4) is 0 Å². The molecule has 4 aliphatic rings. The molecule has 1 saturated carbocycles. The number of hydrazine groups is 1. The number of halogens is 1. The van der Waals surface area contributed by atoms with Gasteiger partial charge in [0.1, 0.15) is 6.17 Å². The number of amides is 2. The Hall–Kier alpha value is -2.14. The van der Waals surface area contributed by atoms with E-state index in [1.165, 1.54) is 0 Å². The molecule has 1 aromatic rings. The van der Waals surface area contributed by atoms with Gasteiger partial charge in [-0.1, -0.05) is 0 Å². The molecule has 3 aliphatic heterocycles. The van der Waals surface area contributed by atoms with Crippen LogP contribution >= 0.6 is 0 Å². The highest BCUT2D eigenvalue weighted by Crippen LogP contribution is 2.36. The molecule has 0 aromatic carbocycles. The standard InChI is InChI=1S/C21H30FN7O2/c22-14-9-25-19-17(18(23)27-29(19)11-14)20(30)26-16-10-24-6-3-15(16)12-4-7-28(8-5-12)21(31)13-1-2-13/h3,6,10,12-14,17-19,25,27H,1-2,4-5,7-9,11,23H2,(H,26,30). The van der Waals surface area contributed by atoms with Crippen molar-refractivity contribution in [3.05, 3.63) is 24.0 Å². The summed E-state index contributed by atoms with van der Waals surface area (Å²) in [6, 6.07) is 1.95. The van der Waals surface area contributed by atoms with E-state index in [9.17, 15) is 14.0 Å². The van der Waals surface area contributed by atoms with Crippen LogP contribution in [0.5, 0.6) is 0 Å². The molecular weight excluding hydrogens is 401 g/mol. The van der Waals surface area contributed by atoms with Crippen LogP contribution in [0, 0.1) is 11.8 Å². The summed E-state index contributed by atoms with van der Waals surface area (Å²) in [6.45, 7) is 1.90. The lowest BCUT2D eigenvalue weighted by Gasteiger charge is -2.34. The van der Waals surface area contributed by atoms with E-state index < -0.39 is 18.3 Å². The first-order valence-corrected chi connectivity index (χ1v) is 11.2. The quantitative estimate of drug-likeness (QED) is 0.535. The van der Waals surface area contributed by atoms with Gasteiger partial charge in [0.25, 0.3) is 0 Å². The van der Waals surface area contributed by atoms with Crippen molar-refractivity contribution in [2.24, 2.45) is 17.6 Å². The fourth-order valence-electron chi connectivity index (χ4n) is 5.06. The summed E-state index contributed by atoms with van der Waals surface area (Å²) in [5, 5.41) is 7.78. The first-order valence-electron chi connectivity index (χ1n) is 11.2. The number of nitrogens with one attached hydrogen (secondary N) is 3. The third-order valence-corrected chi connectivity index (χ3v) is 6.91. The van der Waals surface area contributed by atoms with Gasteiger partial charge < -0.3 is 16.0 Å². The number of piperidine rings is 1. The van der Waals surface area contributed by atoms with E-state index in [0.717, 1.165) is 44.3 Å². The Balaban J connectivity index is 1.25. The third-order valence-electron chi connectivity index (χ3n) is 6.91. The predicted octanol–water partition coefficient (Wildman–Crippen LogP) is 0.125. The minimum Gasteiger partial charge on any atom is -0.342 e. The van der Waals surface area contributed by atoms with Gasteiger partial charge in [0, 0.05) is 38.3 Å². The van der Waals surface area contributed by atoms with Gasteiger partial charge in [-0.2, -0.15) is 0 Å². The molecule has 3 saturated heterocycles. The topological polar surface area (TPSA) is 116 Å². The number of anilines is 1. The molecule has 4 heterocycles. The second-order valence-electron chi connectivity index (χ2n) is 9.11. The van der Waals surface area contributed by atoms with Crippen LogP contribution < -0.4 is 21.8 Å². The van der Waals surface area contributed by atoms with Crippen molar-refractivity contribution in [1.82, 2.24) is 25.6 Å². The highest BCUT2D eigenvalue weighted by Gasteiger charge is 2.47. The number of rotatable bonds is 4. The van der Waals surface area contributed by atoms with E-state index in [1.54, 1.807) is 17.4 Å². The molecule has 5 rings (SSSR count). The van der Waals surface area contributed by atoms with Gasteiger partial charge >= 0.3 is 0 Å². The van der Waals surface area contributed by atoms with Crippen molar-refractivity contribution in [1.29, 1.82) is 0 Å². The van der Waals surface area contributed by atoms with E-state index in [-0.39, 0.29) is 37.0 Å². The van der Waals surface area contributed by atoms with Crippen molar-refractivity contribution in [2.45, 2.75) is 50.1 Å². The van der Waals surface area contributed by atoms with Gasteiger partial charge in [0.2, 0.25) is 11.8 Å². The molecule has 4 unspecified atom stereocenters. The number of nitrogens with zero attached hydrogens (tertiary/aromatic N) is 3. The number of fused-ring (bicyclic) bond motifs is 1. The van der Waals surface area contributed by atoms with Crippen LogP contribution in [0.2, 0.25) is 0 Å². The van der Waals surface area contributed by atoms with Gasteiger partial charge in [0.05, 0.1) is 30.1 Å². The second-order valence-corrected chi connectivity index (χ2v) is 9.11. The molecule has 1 aliphatic carbocycles.